The first kappa shape index (κ1) is 12.7. The lowest BCUT2D eigenvalue weighted by atomic mass is 10.2. The van der Waals surface area contributed by atoms with Crippen molar-refractivity contribution in [3.05, 3.63) is 40.0 Å². The molecule has 1 atom stereocenters. The normalized spacial score (nSPS) is 12.7. The SMILES string of the molecule is O=C(O)c1nc2cc(Br)ccn2c1C(O)c1nn[nH]n1. The number of nitrogens with one attached hydrogen (secondary N) is 1. The number of imidazole rings is 1. The van der Waals surface area contributed by atoms with Crippen molar-refractivity contribution < 1.29 is 15.0 Å². The lowest BCUT2D eigenvalue weighted by molar-refractivity contribution is 0.0684. The molecule has 9 nitrogen and oxygen atoms in total. The molecule has 0 fully saturated rings. The van der Waals surface area contributed by atoms with E-state index in [1.54, 1.807) is 18.3 Å². The zero-order valence-electron chi connectivity index (χ0n) is 9.73. The van der Waals surface area contributed by atoms with Crippen LogP contribution in [0.4, 0.5) is 0 Å². The number of aromatic amines is 1. The first-order valence-electron chi connectivity index (χ1n) is 5.40. The van der Waals surface area contributed by atoms with Gasteiger partial charge in [-0.2, -0.15) is 5.21 Å². The Morgan fingerprint density at radius 1 is 1.50 bits per heavy atom. The Labute approximate surface area is 119 Å². The van der Waals surface area contributed by atoms with E-state index in [1.165, 1.54) is 4.40 Å². The van der Waals surface area contributed by atoms with Crippen LogP contribution in [0.5, 0.6) is 0 Å². The van der Waals surface area contributed by atoms with Crippen molar-refractivity contribution in [3.63, 3.8) is 0 Å². The largest absolute Gasteiger partial charge is 0.476 e. The van der Waals surface area contributed by atoms with Crippen molar-refractivity contribution in [3.8, 4) is 0 Å². The minimum atomic E-state index is -1.35. The Balaban J connectivity index is 2.26. The van der Waals surface area contributed by atoms with Crippen LogP contribution in [-0.4, -0.2) is 46.2 Å². The molecule has 0 saturated carbocycles. The van der Waals surface area contributed by atoms with E-state index in [0.717, 1.165) is 4.47 Å². The van der Waals surface area contributed by atoms with Crippen LogP contribution in [-0.2, 0) is 0 Å². The second kappa shape index (κ2) is 4.65. The number of pyridine rings is 1. The van der Waals surface area contributed by atoms with Crippen molar-refractivity contribution in [2.75, 3.05) is 0 Å². The first-order valence-corrected chi connectivity index (χ1v) is 6.19. The molecule has 0 aliphatic heterocycles. The summed E-state index contributed by atoms with van der Waals surface area (Å²) < 4.78 is 2.21. The Morgan fingerprint density at radius 2 is 2.30 bits per heavy atom. The fraction of sp³-hybridized carbons (Fsp3) is 0.100. The van der Waals surface area contributed by atoms with E-state index < -0.39 is 12.1 Å². The van der Waals surface area contributed by atoms with Crippen LogP contribution in [0.3, 0.4) is 0 Å². The highest BCUT2D eigenvalue weighted by Gasteiger charge is 2.27. The summed E-state index contributed by atoms with van der Waals surface area (Å²) in [6.07, 6.45) is 0.244. The monoisotopic (exact) mass is 338 g/mol. The molecule has 20 heavy (non-hydrogen) atoms. The fourth-order valence-corrected chi connectivity index (χ4v) is 2.19. The third-order valence-electron chi connectivity index (χ3n) is 2.69. The molecular weight excluding hydrogens is 332 g/mol. The van der Waals surface area contributed by atoms with Gasteiger partial charge in [-0.25, -0.2) is 9.78 Å². The van der Waals surface area contributed by atoms with Gasteiger partial charge in [-0.3, -0.25) is 4.40 Å². The Bertz CT molecular complexity index is 784. The van der Waals surface area contributed by atoms with E-state index >= 15 is 0 Å². The molecule has 0 spiro atoms. The molecule has 0 amide bonds. The molecular formula is C10H7BrN6O3. The standard InChI is InChI=1S/C10H7BrN6O3/c11-4-1-2-17-5(3-4)12-6(10(19)20)7(17)8(18)9-13-15-16-14-9/h1-3,8,18H,(H,19,20)(H,13,14,15,16). The minimum absolute atomic E-state index is 0.0304. The number of fused-ring (bicyclic) bond motifs is 1. The number of hydrogen-bond donors (Lipinski definition) is 3. The molecule has 10 heteroatoms. The number of tetrazole rings is 1. The number of H-pyrrole nitrogens is 1. The summed E-state index contributed by atoms with van der Waals surface area (Å²) in [5.41, 5.74) is 0.191. The molecule has 0 saturated heterocycles. The molecule has 0 aliphatic carbocycles. The van der Waals surface area contributed by atoms with Crippen LogP contribution in [0.2, 0.25) is 0 Å². The maximum atomic E-state index is 11.3. The minimum Gasteiger partial charge on any atom is -0.476 e. The van der Waals surface area contributed by atoms with E-state index in [-0.39, 0.29) is 17.2 Å². The van der Waals surface area contributed by atoms with Gasteiger partial charge in [0.2, 0.25) is 5.82 Å². The molecule has 3 rings (SSSR count). The van der Waals surface area contributed by atoms with Gasteiger partial charge in [0.1, 0.15) is 5.65 Å². The van der Waals surface area contributed by atoms with Crippen molar-refractivity contribution in [2.45, 2.75) is 6.10 Å². The summed E-state index contributed by atoms with van der Waals surface area (Å²) in [5.74, 6) is -1.28. The Morgan fingerprint density at radius 3 is 2.95 bits per heavy atom. The number of nitrogens with zero attached hydrogens (tertiary/aromatic N) is 5. The third-order valence-corrected chi connectivity index (χ3v) is 3.19. The van der Waals surface area contributed by atoms with Gasteiger partial charge in [0.15, 0.2) is 11.8 Å². The second-order valence-electron chi connectivity index (χ2n) is 3.90. The number of rotatable bonds is 3. The van der Waals surface area contributed by atoms with Crippen LogP contribution < -0.4 is 0 Å². The highest BCUT2D eigenvalue weighted by atomic mass is 79.9. The summed E-state index contributed by atoms with van der Waals surface area (Å²) in [7, 11) is 0. The fourth-order valence-electron chi connectivity index (χ4n) is 1.87. The summed E-state index contributed by atoms with van der Waals surface area (Å²) >= 11 is 3.28. The number of aromatic nitrogens is 6. The van der Waals surface area contributed by atoms with Crippen molar-refractivity contribution in [2.24, 2.45) is 0 Å². The topological polar surface area (TPSA) is 129 Å². The van der Waals surface area contributed by atoms with E-state index in [0.29, 0.717) is 5.65 Å². The lowest BCUT2D eigenvalue weighted by Crippen LogP contribution is -2.11. The van der Waals surface area contributed by atoms with E-state index in [2.05, 4.69) is 41.5 Å². The smallest absolute Gasteiger partial charge is 0.356 e. The first-order chi connectivity index (χ1) is 9.58. The molecule has 3 N–H and O–H groups in total. The van der Waals surface area contributed by atoms with Gasteiger partial charge in [0.05, 0.1) is 5.69 Å². The molecule has 102 valence electrons. The summed E-state index contributed by atoms with van der Waals surface area (Å²) in [5, 5.41) is 32.3. The number of hydrogen-bond acceptors (Lipinski definition) is 6. The van der Waals surface area contributed by atoms with Gasteiger partial charge in [-0.1, -0.05) is 21.1 Å². The van der Waals surface area contributed by atoms with Gasteiger partial charge >= 0.3 is 5.97 Å². The molecule has 3 heterocycles. The third kappa shape index (κ3) is 1.94. The molecule has 0 radical (unpaired) electrons. The predicted molar refractivity (Wildman–Crippen MR) is 68.1 cm³/mol. The van der Waals surface area contributed by atoms with Crippen LogP contribution in [0.1, 0.15) is 28.1 Å². The molecule has 0 aromatic carbocycles. The maximum absolute atomic E-state index is 11.3. The van der Waals surface area contributed by atoms with Gasteiger partial charge in [-0.05, 0) is 12.1 Å². The number of carboxylic acid groups (broad SMARTS) is 1. The van der Waals surface area contributed by atoms with Crippen molar-refractivity contribution in [1.82, 2.24) is 30.0 Å². The van der Waals surface area contributed by atoms with Crippen molar-refractivity contribution >= 4 is 27.5 Å². The summed E-state index contributed by atoms with van der Waals surface area (Å²) in [6, 6.07) is 3.34. The van der Waals surface area contributed by atoms with Gasteiger partial charge < -0.3 is 10.2 Å². The molecule has 0 aliphatic rings. The average Bonchev–Trinajstić information content (AvgIpc) is 3.04. The number of aliphatic hydroxyl groups is 1. The Kier molecular flexibility index (Phi) is 2.95. The number of carboxylic acids is 1. The second-order valence-corrected chi connectivity index (χ2v) is 4.81. The maximum Gasteiger partial charge on any atom is 0.356 e. The summed E-state index contributed by atoms with van der Waals surface area (Å²) in [6.45, 7) is 0. The highest BCUT2D eigenvalue weighted by Crippen LogP contribution is 2.25. The molecule has 3 aromatic heterocycles. The van der Waals surface area contributed by atoms with Crippen LogP contribution >= 0.6 is 15.9 Å². The number of aromatic carboxylic acids is 1. The predicted octanol–water partition coefficient (Wildman–Crippen LogP) is 0.390. The quantitative estimate of drug-likeness (QED) is 0.629. The van der Waals surface area contributed by atoms with E-state index in [9.17, 15) is 15.0 Å². The van der Waals surface area contributed by atoms with Crippen LogP contribution in [0.25, 0.3) is 5.65 Å². The van der Waals surface area contributed by atoms with Gasteiger partial charge in [-0.15, -0.1) is 10.2 Å². The lowest BCUT2D eigenvalue weighted by Gasteiger charge is -2.07. The number of halogens is 1. The van der Waals surface area contributed by atoms with Gasteiger partial charge in [0.25, 0.3) is 0 Å². The summed E-state index contributed by atoms with van der Waals surface area (Å²) in [4.78, 5) is 15.3. The highest BCUT2D eigenvalue weighted by molar-refractivity contribution is 9.10. The van der Waals surface area contributed by atoms with Crippen molar-refractivity contribution in [1.29, 1.82) is 0 Å². The van der Waals surface area contributed by atoms with Crippen LogP contribution in [0, 0.1) is 0 Å². The zero-order valence-corrected chi connectivity index (χ0v) is 11.3. The van der Waals surface area contributed by atoms with Crippen LogP contribution in [0.15, 0.2) is 22.8 Å². The number of aliphatic hydroxyl groups excluding tert-OH is 1. The number of carbonyl (C=O) groups is 1. The van der Waals surface area contributed by atoms with E-state index in [4.69, 9.17) is 0 Å². The molecule has 1 unspecified atom stereocenters. The Hall–Kier alpha value is -2.33. The molecule has 0 bridgehead atoms. The average molecular weight is 339 g/mol. The van der Waals surface area contributed by atoms with Gasteiger partial charge in [0, 0.05) is 10.7 Å². The zero-order chi connectivity index (χ0) is 14.3. The molecule has 3 aromatic rings. The van der Waals surface area contributed by atoms with E-state index in [1.807, 2.05) is 0 Å².